The third kappa shape index (κ3) is 3.07. The number of pyridine rings is 1. The maximum Gasteiger partial charge on any atom is 0.257 e. The summed E-state index contributed by atoms with van der Waals surface area (Å²) in [7, 11) is 0. The molecule has 3 aromatic heterocycles. The number of hydrogen-bond acceptors (Lipinski definition) is 3. The molecule has 1 fully saturated rings. The van der Waals surface area contributed by atoms with Crippen LogP contribution in [0.5, 0.6) is 0 Å². The summed E-state index contributed by atoms with van der Waals surface area (Å²) >= 11 is 1.70. The molecule has 0 aliphatic carbocycles. The molecule has 0 radical (unpaired) electrons. The number of hydrogen-bond donors (Lipinski definition) is 0. The van der Waals surface area contributed by atoms with E-state index in [4.69, 9.17) is 0 Å². The molecule has 134 valence electrons. The Morgan fingerprint density at radius 1 is 1.12 bits per heavy atom. The lowest BCUT2D eigenvalue weighted by atomic mass is 9.90. The molecule has 0 spiro atoms. The van der Waals surface area contributed by atoms with E-state index in [9.17, 15) is 4.79 Å². The summed E-state index contributed by atoms with van der Waals surface area (Å²) in [5.41, 5.74) is 3.31. The Hall–Kier alpha value is -2.40. The zero-order valence-electron chi connectivity index (χ0n) is 15.2. The number of aryl methyl sites for hydroxylation is 1. The average molecular weight is 366 g/mol. The lowest BCUT2D eigenvalue weighted by molar-refractivity contribution is 0.0713. The van der Waals surface area contributed by atoms with Gasteiger partial charge in [-0.15, -0.1) is 11.3 Å². The van der Waals surface area contributed by atoms with Gasteiger partial charge in [-0.1, -0.05) is 0 Å². The summed E-state index contributed by atoms with van der Waals surface area (Å²) in [5.74, 6) is 0.694. The van der Waals surface area contributed by atoms with Gasteiger partial charge in [0.2, 0.25) is 0 Å². The first kappa shape index (κ1) is 17.0. The van der Waals surface area contributed by atoms with Crippen LogP contribution >= 0.6 is 11.3 Å². The third-order valence-electron chi connectivity index (χ3n) is 5.38. The normalized spacial score (nSPS) is 15.4. The van der Waals surface area contributed by atoms with Gasteiger partial charge >= 0.3 is 0 Å². The van der Waals surface area contributed by atoms with Crippen molar-refractivity contribution >= 4 is 17.2 Å². The van der Waals surface area contributed by atoms with Crippen LogP contribution in [0.1, 0.15) is 45.1 Å². The van der Waals surface area contributed by atoms with Gasteiger partial charge in [0, 0.05) is 42.8 Å². The second-order valence-electron chi connectivity index (χ2n) is 6.90. The topological polar surface area (TPSA) is 38.1 Å². The van der Waals surface area contributed by atoms with Gasteiger partial charge in [0.1, 0.15) is 5.00 Å². The Labute approximate surface area is 158 Å². The molecule has 26 heavy (non-hydrogen) atoms. The van der Waals surface area contributed by atoms with E-state index in [1.54, 1.807) is 11.3 Å². The Bertz CT molecular complexity index is 891. The molecule has 4 nitrogen and oxygen atoms in total. The van der Waals surface area contributed by atoms with Gasteiger partial charge in [-0.2, -0.15) is 0 Å². The molecule has 3 aromatic rings. The Balaban J connectivity index is 1.55. The van der Waals surface area contributed by atoms with Gasteiger partial charge in [0.05, 0.1) is 5.56 Å². The smallest absolute Gasteiger partial charge is 0.257 e. The molecule has 4 heterocycles. The fourth-order valence-electron chi connectivity index (χ4n) is 3.72. The quantitative estimate of drug-likeness (QED) is 0.682. The number of aromatic nitrogens is 2. The minimum atomic E-state index is 0.170. The highest BCUT2D eigenvalue weighted by molar-refractivity contribution is 7.15. The first-order valence-electron chi connectivity index (χ1n) is 9.07. The predicted molar refractivity (Wildman–Crippen MR) is 105 cm³/mol. The highest BCUT2D eigenvalue weighted by atomic mass is 32.1. The number of likely N-dealkylation sites (tertiary alicyclic amines) is 1. The molecule has 5 heteroatoms. The highest BCUT2D eigenvalue weighted by Gasteiger charge is 2.28. The molecule has 1 aliphatic heterocycles. The van der Waals surface area contributed by atoms with Crippen LogP contribution in [0.2, 0.25) is 0 Å². The van der Waals surface area contributed by atoms with Crippen molar-refractivity contribution in [2.24, 2.45) is 0 Å². The van der Waals surface area contributed by atoms with Gasteiger partial charge < -0.3 is 9.47 Å². The van der Waals surface area contributed by atoms with E-state index in [0.717, 1.165) is 42.1 Å². The van der Waals surface area contributed by atoms with Crippen LogP contribution in [-0.2, 0) is 0 Å². The Morgan fingerprint density at radius 3 is 2.42 bits per heavy atom. The van der Waals surface area contributed by atoms with E-state index in [1.165, 1.54) is 10.4 Å². The number of carbonyl (C=O) groups is 1. The maximum absolute atomic E-state index is 13.3. The fraction of sp³-hybridized carbons (Fsp3) is 0.333. The highest BCUT2D eigenvalue weighted by Crippen LogP contribution is 2.34. The van der Waals surface area contributed by atoms with Crippen LogP contribution in [0, 0.1) is 13.8 Å². The van der Waals surface area contributed by atoms with Gasteiger partial charge in [-0.3, -0.25) is 9.78 Å². The molecule has 1 aliphatic rings. The molecular formula is C21H23N3OS. The lowest BCUT2D eigenvalue weighted by Gasteiger charge is -2.32. The molecule has 0 bridgehead atoms. The molecule has 1 saturated heterocycles. The molecule has 0 saturated carbocycles. The average Bonchev–Trinajstić information content (AvgIpc) is 3.31. The largest absolute Gasteiger partial charge is 0.339 e. The zero-order chi connectivity index (χ0) is 18.1. The molecule has 0 N–H and O–H groups in total. The van der Waals surface area contributed by atoms with Crippen LogP contribution < -0.4 is 0 Å². The van der Waals surface area contributed by atoms with E-state index in [-0.39, 0.29) is 5.91 Å². The third-order valence-corrected chi connectivity index (χ3v) is 6.60. The van der Waals surface area contributed by atoms with E-state index in [1.807, 2.05) is 41.8 Å². The Kier molecular flexibility index (Phi) is 4.64. The van der Waals surface area contributed by atoms with Crippen molar-refractivity contribution in [1.29, 1.82) is 0 Å². The van der Waals surface area contributed by atoms with Crippen molar-refractivity contribution in [3.05, 3.63) is 70.6 Å². The van der Waals surface area contributed by atoms with Gasteiger partial charge in [0.25, 0.3) is 5.91 Å². The van der Waals surface area contributed by atoms with Crippen LogP contribution in [0.3, 0.4) is 0 Å². The summed E-state index contributed by atoms with van der Waals surface area (Å²) < 4.78 is 2.06. The van der Waals surface area contributed by atoms with Gasteiger partial charge in [-0.25, -0.2) is 0 Å². The number of carbonyl (C=O) groups excluding carboxylic acids is 1. The van der Waals surface area contributed by atoms with Crippen LogP contribution in [-0.4, -0.2) is 33.4 Å². The number of thiophene rings is 1. The Morgan fingerprint density at radius 2 is 1.77 bits per heavy atom. The first-order chi connectivity index (χ1) is 12.6. The van der Waals surface area contributed by atoms with Crippen LogP contribution in [0.15, 0.2) is 49.1 Å². The summed E-state index contributed by atoms with van der Waals surface area (Å²) in [6.45, 7) is 5.78. The lowest BCUT2D eigenvalue weighted by Crippen LogP contribution is -2.38. The minimum Gasteiger partial charge on any atom is -0.339 e. The minimum absolute atomic E-state index is 0.170. The van der Waals surface area contributed by atoms with E-state index < -0.39 is 0 Å². The van der Waals surface area contributed by atoms with Crippen LogP contribution in [0.25, 0.3) is 5.00 Å². The van der Waals surface area contributed by atoms with Crippen LogP contribution in [0.4, 0.5) is 0 Å². The summed E-state index contributed by atoms with van der Waals surface area (Å²) in [6, 6.07) is 8.19. The van der Waals surface area contributed by atoms with Gasteiger partial charge in [0.15, 0.2) is 0 Å². The van der Waals surface area contributed by atoms with Crippen molar-refractivity contribution in [2.45, 2.75) is 32.6 Å². The number of piperidine rings is 1. The predicted octanol–water partition coefficient (Wildman–Crippen LogP) is 4.57. The standard InChI is InChI=1S/C21H23N3OS/c1-15-16(2)26-21(24-11-3-4-12-24)19(15)20(25)23-13-7-18(8-14-23)17-5-9-22-10-6-17/h3-6,9-12,18H,7-8,13-14H2,1-2H3. The van der Waals surface area contributed by atoms with E-state index in [0.29, 0.717) is 5.92 Å². The monoisotopic (exact) mass is 365 g/mol. The molecular weight excluding hydrogens is 342 g/mol. The maximum atomic E-state index is 13.3. The molecule has 0 unspecified atom stereocenters. The molecule has 1 amide bonds. The fourth-order valence-corrected chi connectivity index (χ4v) is 4.84. The van der Waals surface area contributed by atoms with Gasteiger partial charge in [-0.05, 0) is 68.0 Å². The number of rotatable bonds is 3. The van der Waals surface area contributed by atoms with E-state index in [2.05, 4.69) is 35.5 Å². The zero-order valence-corrected chi connectivity index (χ0v) is 16.0. The van der Waals surface area contributed by atoms with Crippen molar-refractivity contribution in [2.75, 3.05) is 13.1 Å². The number of nitrogens with zero attached hydrogens (tertiary/aromatic N) is 3. The molecule has 4 rings (SSSR count). The first-order valence-corrected chi connectivity index (χ1v) is 9.89. The summed E-state index contributed by atoms with van der Waals surface area (Å²) in [5, 5.41) is 1.03. The van der Waals surface area contributed by atoms with Crippen molar-refractivity contribution in [3.63, 3.8) is 0 Å². The van der Waals surface area contributed by atoms with E-state index >= 15 is 0 Å². The van der Waals surface area contributed by atoms with Crippen molar-refractivity contribution < 1.29 is 4.79 Å². The summed E-state index contributed by atoms with van der Waals surface area (Å²) in [4.78, 5) is 20.6. The molecule has 0 atom stereocenters. The molecule has 0 aromatic carbocycles. The van der Waals surface area contributed by atoms with Crippen molar-refractivity contribution in [3.8, 4) is 5.00 Å². The second kappa shape index (κ2) is 7.08. The SMILES string of the molecule is Cc1sc(-n2cccc2)c(C(=O)N2CCC(c3ccncc3)CC2)c1C. The number of amides is 1. The summed E-state index contributed by atoms with van der Waals surface area (Å²) in [6.07, 6.45) is 9.75. The second-order valence-corrected chi connectivity index (χ2v) is 8.10. The van der Waals surface area contributed by atoms with Crippen molar-refractivity contribution in [1.82, 2.24) is 14.5 Å².